The molecule has 1 aromatic carbocycles. The monoisotopic (exact) mass is 277 g/mol. The molecule has 0 aliphatic heterocycles. The molecule has 0 N–H and O–H groups in total. The standard InChI is InChI=1S/C10H11FI/c1-7(2)5-8-3-4-9(12)6-10(8)11/h3-4,6H,5H2,1-2H3. The Morgan fingerprint density at radius 1 is 1.42 bits per heavy atom. The number of hydrogen-bond donors (Lipinski definition) is 0. The Morgan fingerprint density at radius 3 is 2.58 bits per heavy atom. The second-order valence-corrected chi connectivity index (χ2v) is 4.37. The largest absolute Gasteiger partial charge is 0.207 e. The fraction of sp³-hybridized carbons (Fsp3) is 0.300. The lowest BCUT2D eigenvalue weighted by Gasteiger charge is -2.05. The molecule has 0 atom stereocenters. The summed E-state index contributed by atoms with van der Waals surface area (Å²) in [6.07, 6.45) is 0.739. The van der Waals surface area contributed by atoms with Crippen molar-refractivity contribution >= 4 is 22.6 Å². The molecule has 0 nitrogen and oxygen atoms in total. The maximum absolute atomic E-state index is 13.2. The minimum Gasteiger partial charge on any atom is -0.207 e. The zero-order chi connectivity index (χ0) is 9.14. The first kappa shape index (κ1) is 9.96. The maximum Gasteiger partial charge on any atom is 0.127 e. The van der Waals surface area contributed by atoms with Crippen LogP contribution < -0.4 is 0 Å². The summed E-state index contributed by atoms with van der Waals surface area (Å²) >= 11 is 2.11. The fourth-order valence-electron chi connectivity index (χ4n) is 1.05. The third kappa shape index (κ3) is 2.73. The van der Waals surface area contributed by atoms with Crippen LogP contribution in [0.5, 0.6) is 0 Å². The van der Waals surface area contributed by atoms with Crippen molar-refractivity contribution in [2.24, 2.45) is 0 Å². The van der Waals surface area contributed by atoms with E-state index in [0.29, 0.717) is 0 Å². The maximum atomic E-state index is 13.2. The van der Waals surface area contributed by atoms with Crippen LogP contribution >= 0.6 is 22.6 Å². The Labute approximate surface area is 86.3 Å². The van der Waals surface area contributed by atoms with Gasteiger partial charge in [0, 0.05) is 3.57 Å². The lowest BCUT2D eigenvalue weighted by molar-refractivity contribution is 0.609. The van der Waals surface area contributed by atoms with E-state index in [1.54, 1.807) is 6.07 Å². The lowest BCUT2D eigenvalue weighted by Crippen LogP contribution is -1.95. The molecule has 0 bridgehead atoms. The quantitative estimate of drug-likeness (QED) is 0.725. The van der Waals surface area contributed by atoms with Gasteiger partial charge in [0.1, 0.15) is 5.82 Å². The van der Waals surface area contributed by atoms with Gasteiger partial charge < -0.3 is 0 Å². The Balaban J connectivity index is 2.86. The van der Waals surface area contributed by atoms with Gasteiger partial charge in [0.05, 0.1) is 0 Å². The summed E-state index contributed by atoms with van der Waals surface area (Å²) in [5.74, 6) is 1.14. The van der Waals surface area contributed by atoms with Gasteiger partial charge in [-0.1, -0.05) is 19.9 Å². The molecule has 0 aromatic heterocycles. The van der Waals surface area contributed by atoms with E-state index in [-0.39, 0.29) is 5.82 Å². The summed E-state index contributed by atoms with van der Waals surface area (Å²) < 4.78 is 14.1. The number of hydrogen-bond acceptors (Lipinski definition) is 0. The molecule has 0 aliphatic rings. The van der Waals surface area contributed by atoms with Crippen molar-refractivity contribution in [3.63, 3.8) is 0 Å². The first-order valence-electron chi connectivity index (χ1n) is 3.82. The van der Waals surface area contributed by atoms with Gasteiger partial charge in [0.2, 0.25) is 0 Å². The minimum atomic E-state index is -0.0944. The summed E-state index contributed by atoms with van der Waals surface area (Å²) in [7, 11) is 0. The van der Waals surface area contributed by atoms with Crippen molar-refractivity contribution in [2.75, 3.05) is 0 Å². The molecule has 0 spiro atoms. The highest BCUT2D eigenvalue weighted by Gasteiger charge is 2.04. The van der Waals surface area contributed by atoms with E-state index in [1.807, 2.05) is 26.0 Å². The van der Waals surface area contributed by atoms with Gasteiger partial charge in [-0.25, -0.2) is 4.39 Å². The van der Waals surface area contributed by atoms with Crippen molar-refractivity contribution in [3.05, 3.63) is 39.1 Å². The first-order chi connectivity index (χ1) is 5.59. The van der Waals surface area contributed by atoms with Crippen molar-refractivity contribution in [3.8, 4) is 0 Å². The first-order valence-corrected chi connectivity index (χ1v) is 4.90. The molecule has 0 heterocycles. The van der Waals surface area contributed by atoms with Crippen LogP contribution in [0.15, 0.2) is 18.2 Å². The summed E-state index contributed by atoms with van der Waals surface area (Å²) in [6.45, 7) is 4.02. The molecule has 0 fully saturated rings. The molecule has 0 saturated carbocycles. The minimum absolute atomic E-state index is 0.0944. The van der Waals surface area contributed by atoms with E-state index in [2.05, 4.69) is 22.6 Å². The van der Waals surface area contributed by atoms with Gasteiger partial charge in [-0.2, -0.15) is 0 Å². The van der Waals surface area contributed by atoms with Crippen LogP contribution in [0.3, 0.4) is 0 Å². The van der Waals surface area contributed by atoms with Crippen LogP contribution in [0.4, 0.5) is 4.39 Å². The van der Waals surface area contributed by atoms with E-state index < -0.39 is 0 Å². The predicted octanol–water partition coefficient (Wildman–Crippen LogP) is 3.59. The fourth-order valence-corrected chi connectivity index (χ4v) is 1.50. The molecule has 0 amide bonds. The second-order valence-electron chi connectivity index (χ2n) is 3.12. The molecule has 1 aromatic rings. The van der Waals surface area contributed by atoms with E-state index >= 15 is 0 Å². The van der Waals surface area contributed by atoms with Crippen LogP contribution in [0.2, 0.25) is 0 Å². The number of halogens is 2. The van der Waals surface area contributed by atoms with E-state index in [4.69, 9.17) is 0 Å². The highest BCUT2D eigenvalue weighted by molar-refractivity contribution is 14.1. The summed E-state index contributed by atoms with van der Waals surface area (Å²) in [5.41, 5.74) is 0.787. The smallest absolute Gasteiger partial charge is 0.127 e. The van der Waals surface area contributed by atoms with Crippen molar-refractivity contribution in [2.45, 2.75) is 20.3 Å². The average molecular weight is 277 g/mol. The Kier molecular flexibility index (Phi) is 3.50. The van der Waals surface area contributed by atoms with Gasteiger partial charge in [-0.05, 0) is 52.6 Å². The third-order valence-corrected chi connectivity index (χ3v) is 2.23. The van der Waals surface area contributed by atoms with Gasteiger partial charge in [0.15, 0.2) is 0 Å². The normalized spacial score (nSPS) is 10.8. The highest BCUT2D eigenvalue weighted by Crippen LogP contribution is 2.16. The van der Waals surface area contributed by atoms with Gasteiger partial charge in [-0.15, -0.1) is 0 Å². The summed E-state index contributed by atoms with van der Waals surface area (Å²) in [5, 5.41) is 0. The highest BCUT2D eigenvalue weighted by atomic mass is 127. The van der Waals surface area contributed by atoms with Crippen LogP contribution in [0.1, 0.15) is 19.4 Å². The van der Waals surface area contributed by atoms with E-state index in [0.717, 1.165) is 15.6 Å². The SMILES string of the molecule is C[C](C)Cc1ccc(I)cc1F. The van der Waals surface area contributed by atoms with Crippen molar-refractivity contribution in [1.82, 2.24) is 0 Å². The van der Waals surface area contributed by atoms with Crippen LogP contribution in [-0.4, -0.2) is 0 Å². The van der Waals surface area contributed by atoms with Crippen LogP contribution in [0.25, 0.3) is 0 Å². The lowest BCUT2D eigenvalue weighted by atomic mass is 10.0. The third-order valence-electron chi connectivity index (χ3n) is 1.56. The predicted molar refractivity (Wildman–Crippen MR) is 57.4 cm³/mol. The van der Waals surface area contributed by atoms with Gasteiger partial charge >= 0.3 is 0 Å². The van der Waals surface area contributed by atoms with E-state index in [9.17, 15) is 4.39 Å². The Hall–Kier alpha value is -0.120. The summed E-state index contributed by atoms with van der Waals surface area (Å²) in [4.78, 5) is 0. The second kappa shape index (κ2) is 4.21. The van der Waals surface area contributed by atoms with Crippen molar-refractivity contribution < 1.29 is 4.39 Å². The molecule has 0 aliphatic carbocycles. The number of rotatable bonds is 2. The topological polar surface area (TPSA) is 0 Å². The molecule has 1 radical (unpaired) electrons. The molecule has 0 saturated heterocycles. The Morgan fingerprint density at radius 2 is 2.08 bits per heavy atom. The molecule has 12 heavy (non-hydrogen) atoms. The molecule has 0 unspecified atom stereocenters. The average Bonchev–Trinajstić information content (AvgIpc) is 1.94. The Bertz CT molecular complexity index is 269. The van der Waals surface area contributed by atoms with Crippen LogP contribution in [0, 0.1) is 15.3 Å². The van der Waals surface area contributed by atoms with E-state index in [1.165, 1.54) is 5.92 Å². The molecule has 2 heteroatoms. The van der Waals surface area contributed by atoms with Gasteiger partial charge in [-0.3, -0.25) is 0 Å². The van der Waals surface area contributed by atoms with Crippen LogP contribution in [-0.2, 0) is 6.42 Å². The zero-order valence-corrected chi connectivity index (χ0v) is 9.35. The zero-order valence-electron chi connectivity index (χ0n) is 7.20. The molecule has 1 rings (SSSR count). The summed E-state index contributed by atoms with van der Waals surface area (Å²) in [6, 6.07) is 5.35. The number of benzene rings is 1. The molecular weight excluding hydrogens is 266 g/mol. The van der Waals surface area contributed by atoms with Crippen molar-refractivity contribution in [1.29, 1.82) is 0 Å². The molecular formula is C10H11FI. The molecule has 65 valence electrons. The van der Waals surface area contributed by atoms with Gasteiger partial charge in [0.25, 0.3) is 0 Å².